The van der Waals surface area contributed by atoms with E-state index in [9.17, 15) is 28.2 Å². The molecule has 0 aliphatic carbocycles. The van der Waals surface area contributed by atoms with Gasteiger partial charge in [0.15, 0.2) is 0 Å². The van der Waals surface area contributed by atoms with Crippen molar-refractivity contribution in [2.45, 2.75) is 25.2 Å². The maximum Gasteiger partial charge on any atom is 0.387 e. The van der Waals surface area contributed by atoms with Crippen molar-refractivity contribution < 1.29 is 32.9 Å². The SMILES string of the molecule is NC(=O)CC(O)C(O)c1ccc(F)cc1OC(F)F. The molecule has 0 aliphatic rings. The number of nitrogens with two attached hydrogens (primary N) is 1. The molecule has 1 rings (SSSR count). The Hall–Kier alpha value is -1.80. The minimum Gasteiger partial charge on any atom is -0.434 e. The Morgan fingerprint density at radius 2 is 2.00 bits per heavy atom. The first-order valence-corrected chi connectivity index (χ1v) is 5.20. The standard InChI is InChI=1S/C11H12F3NO4/c12-5-1-2-6(8(3-5)19-11(13)14)10(18)7(16)4-9(15)17/h1-3,7,10-11,16,18H,4H2,(H2,15,17). The summed E-state index contributed by atoms with van der Waals surface area (Å²) in [5.41, 5.74) is 4.56. The minimum atomic E-state index is -3.22. The van der Waals surface area contributed by atoms with Gasteiger partial charge in [-0.15, -0.1) is 0 Å². The molecule has 2 unspecified atom stereocenters. The van der Waals surface area contributed by atoms with E-state index in [2.05, 4.69) is 4.74 Å². The van der Waals surface area contributed by atoms with Crippen LogP contribution in [0.5, 0.6) is 5.75 Å². The van der Waals surface area contributed by atoms with Crippen LogP contribution in [0.1, 0.15) is 18.1 Å². The number of rotatable bonds is 6. The number of primary amides is 1. The van der Waals surface area contributed by atoms with E-state index in [0.717, 1.165) is 12.1 Å². The maximum absolute atomic E-state index is 12.9. The first-order valence-electron chi connectivity index (χ1n) is 5.20. The molecule has 0 fully saturated rings. The number of amides is 1. The fourth-order valence-corrected chi connectivity index (χ4v) is 1.48. The van der Waals surface area contributed by atoms with Crippen molar-refractivity contribution >= 4 is 5.91 Å². The molecular formula is C11H12F3NO4. The molecule has 1 amide bonds. The van der Waals surface area contributed by atoms with E-state index in [1.54, 1.807) is 0 Å². The highest BCUT2D eigenvalue weighted by molar-refractivity contribution is 5.74. The lowest BCUT2D eigenvalue weighted by Crippen LogP contribution is -2.26. The van der Waals surface area contributed by atoms with Gasteiger partial charge in [0, 0.05) is 11.6 Å². The lowest BCUT2D eigenvalue weighted by atomic mass is 10.0. The molecule has 5 nitrogen and oxygen atoms in total. The first kappa shape index (κ1) is 15.3. The van der Waals surface area contributed by atoms with Crippen molar-refractivity contribution in [1.82, 2.24) is 0 Å². The number of aliphatic hydroxyl groups excluding tert-OH is 2. The molecule has 0 radical (unpaired) electrons. The fourth-order valence-electron chi connectivity index (χ4n) is 1.48. The van der Waals surface area contributed by atoms with Crippen molar-refractivity contribution in [3.05, 3.63) is 29.6 Å². The van der Waals surface area contributed by atoms with E-state index in [0.29, 0.717) is 6.07 Å². The van der Waals surface area contributed by atoms with Crippen LogP contribution in [0.25, 0.3) is 0 Å². The zero-order valence-electron chi connectivity index (χ0n) is 9.59. The highest BCUT2D eigenvalue weighted by Gasteiger charge is 2.25. The number of halogens is 3. The summed E-state index contributed by atoms with van der Waals surface area (Å²) in [6.07, 6.45) is -3.89. The summed E-state index contributed by atoms with van der Waals surface area (Å²) in [7, 11) is 0. The summed E-state index contributed by atoms with van der Waals surface area (Å²) < 4.78 is 41.3. The molecule has 0 spiro atoms. The molecule has 0 bridgehead atoms. The van der Waals surface area contributed by atoms with Crippen molar-refractivity contribution in [1.29, 1.82) is 0 Å². The molecule has 106 valence electrons. The van der Waals surface area contributed by atoms with Crippen molar-refractivity contribution in [3.63, 3.8) is 0 Å². The van der Waals surface area contributed by atoms with E-state index in [1.807, 2.05) is 0 Å². The quantitative estimate of drug-likeness (QED) is 0.714. The average molecular weight is 279 g/mol. The van der Waals surface area contributed by atoms with Gasteiger partial charge in [0.1, 0.15) is 17.7 Å². The summed E-state index contributed by atoms with van der Waals surface area (Å²) in [4.78, 5) is 10.6. The molecule has 19 heavy (non-hydrogen) atoms. The Morgan fingerprint density at radius 3 is 2.53 bits per heavy atom. The zero-order valence-corrected chi connectivity index (χ0v) is 9.59. The second-order valence-electron chi connectivity index (χ2n) is 3.74. The van der Waals surface area contributed by atoms with E-state index in [-0.39, 0.29) is 5.56 Å². The number of hydrogen-bond acceptors (Lipinski definition) is 4. The van der Waals surface area contributed by atoms with Crippen LogP contribution in [0.2, 0.25) is 0 Å². The number of alkyl halides is 2. The van der Waals surface area contributed by atoms with E-state index in [1.165, 1.54) is 0 Å². The lowest BCUT2D eigenvalue weighted by molar-refractivity contribution is -0.121. The number of aliphatic hydroxyl groups is 2. The minimum absolute atomic E-state index is 0.268. The van der Waals surface area contributed by atoms with Crippen LogP contribution >= 0.6 is 0 Å². The van der Waals surface area contributed by atoms with Gasteiger partial charge in [0.05, 0.1) is 12.5 Å². The molecule has 2 atom stereocenters. The third kappa shape index (κ3) is 4.42. The molecular weight excluding hydrogens is 267 g/mol. The van der Waals surface area contributed by atoms with Crippen LogP contribution in [-0.2, 0) is 4.79 Å². The maximum atomic E-state index is 12.9. The van der Waals surface area contributed by atoms with Gasteiger partial charge in [-0.05, 0) is 12.1 Å². The molecule has 8 heteroatoms. The van der Waals surface area contributed by atoms with Gasteiger partial charge in [-0.2, -0.15) is 8.78 Å². The van der Waals surface area contributed by atoms with Crippen LogP contribution < -0.4 is 10.5 Å². The number of carbonyl (C=O) groups is 1. The Labute approximate surface area is 106 Å². The van der Waals surface area contributed by atoms with Crippen LogP contribution in [-0.4, -0.2) is 28.8 Å². The van der Waals surface area contributed by atoms with Crippen molar-refractivity contribution in [2.75, 3.05) is 0 Å². The molecule has 0 aromatic heterocycles. The Bertz CT molecular complexity index is 456. The second kappa shape index (κ2) is 6.39. The molecule has 1 aromatic rings. The number of carbonyl (C=O) groups excluding carboxylic acids is 1. The summed E-state index contributed by atoms with van der Waals surface area (Å²) in [5, 5.41) is 19.2. The fraction of sp³-hybridized carbons (Fsp3) is 0.364. The Morgan fingerprint density at radius 1 is 1.37 bits per heavy atom. The van der Waals surface area contributed by atoms with Gasteiger partial charge in [-0.25, -0.2) is 4.39 Å². The third-order valence-corrected chi connectivity index (χ3v) is 2.29. The predicted molar refractivity (Wildman–Crippen MR) is 57.8 cm³/mol. The van der Waals surface area contributed by atoms with Crippen molar-refractivity contribution in [2.24, 2.45) is 5.73 Å². The van der Waals surface area contributed by atoms with Crippen molar-refractivity contribution in [3.8, 4) is 5.75 Å². The monoisotopic (exact) mass is 279 g/mol. The zero-order chi connectivity index (χ0) is 14.6. The number of hydrogen-bond donors (Lipinski definition) is 3. The van der Waals surface area contributed by atoms with Gasteiger partial charge in [-0.3, -0.25) is 4.79 Å². The van der Waals surface area contributed by atoms with Gasteiger partial charge < -0.3 is 20.7 Å². The van der Waals surface area contributed by atoms with Crippen LogP contribution in [0.15, 0.2) is 18.2 Å². The largest absolute Gasteiger partial charge is 0.434 e. The Balaban J connectivity index is 3.00. The summed E-state index contributed by atoms with van der Waals surface area (Å²) in [5.74, 6) is -2.35. The highest BCUT2D eigenvalue weighted by Crippen LogP contribution is 2.30. The average Bonchev–Trinajstić information content (AvgIpc) is 2.26. The lowest BCUT2D eigenvalue weighted by Gasteiger charge is -2.19. The van der Waals surface area contributed by atoms with E-state index >= 15 is 0 Å². The predicted octanol–water partition coefficient (Wildman–Crippen LogP) is 0.697. The molecule has 1 aromatic carbocycles. The van der Waals surface area contributed by atoms with Crippen LogP contribution in [0.3, 0.4) is 0 Å². The van der Waals surface area contributed by atoms with E-state index in [4.69, 9.17) is 5.73 Å². The van der Waals surface area contributed by atoms with Gasteiger partial charge in [-0.1, -0.05) is 0 Å². The third-order valence-electron chi connectivity index (χ3n) is 2.29. The summed E-state index contributed by atoms with van der Waals surface area (Å²) in [6.45, 7) is -3.22. The first-order chi connectivity index (χ1) is 8.81. The van der Waals surface area contributed by atoms with Crippen LogP contribution in [0, 0.1) is 5.82 Å². The molecule has 0 saturated heterocycles. The Kier molecular flexibility index (Phi) is 5.13. The number of ether oxygens (including phenoxy) is 1. The van der Waals surface area contributed by atoms with E-state index < -0.39 is 42.7 Å². The van der Waals surface area contributed by atoms with Gasteiger partial charge >= 0.3 is 6.61 Å². The number of benzene rings is 1. The molecule has 4 N–H and O–H groups in total. The molecule has 0 heterocycles. The van der Waals surface area contributed by atoms with Gasteiger partial charge in [0.2, 0.25) is 5.91 Å². The molecule has 0 saturated carbocycles. The topological polar surface area (TPSA) is 92.8 Å². The normalized spacial score (nSPS) is 14.2. The second-order valence-corrected chi connectivity index (χ2v) is 3.74. The summed E-state index contributed by atoms with van der Waals surface area (Å²) >= 11 is 0. The molecule has 0 aliphatic heterocycles. The van der Waals surface area contributed by atoms with Crippen LogP contribution in [0.4, 0.5) is 13.2 Å². The van der Waals surface area contributed by atoms with Gasteiger partial charge in [0.25, 0.3) is 0 Å². The summed E-state index contributed by atoms with van der Waals surface area (Å²) in [6, 6.07) is 2.51. The highest BCUT2D eigenvalue weighted by atomic mass is 19.3. The smallest absolute Gasteiger partial charge is 0.387 e.